The SMILES string of the molecule is C#CCO.C#CCOC(=O)C1(C)COC(=O)OC1.[3H]CCC.[3H]CCC. The van der Waals surface area contributed by atoms with Crippen LogP contribution >= 0.6 is 0 Å². The molecule has 0 aromatic heterocycles. The van der Waals surface area contributed by atoms with Gasteiger partial charge in [-0.05, 0) is 6.92 Å². The van der Waals surface area contributed by atoms with Crippen LogP contribution in [0.1, 0.15) is 50.2 Å². The van der Waals surface area contributed by atoms with E-state index in [4.69, 9.17) is 19.0 Å². The molecule has 0 bridgehead atoms. The number of carbonyl (C=O) groups is 2. The Kier molecular flexibility index (Phi) is 17.2. The molecular formula is C18H30O6. The highest BCUT2D eigenvalue weighted by atomic mass is 16.7. The average Bonchev–Trinajstić information content (AvgIpc) is 2.68. The zero-order valence-corrected chi connectivity index (χ0v) is 14.8. The van der Waals surface area contributed by atoms with E-state index in [0.29, 0.717) is 13.8 Å². The third-order valence-corrected chi connectivity index (χ3v) is 1.89. The molecule has 0 unspecified atom stereocenters. The Labute approximate surface area is 148 Å². The highest BCUT2D eigenvalue weighted by molar-refractivity contribution is 5.78. The van der Waals surface area contributed by atoms with E-state index in [9.17, 15) is 9.59 Å². The normalized spacial score (nSPS) is 14.3. The van der Waals surface area contributed by atoms with Gasteiger partial charge in [-0.3, -0.25) is 4.79 Å². The van der Waals surface area contributed by atoms with E-state index in [-0.39, 0.29) is 26.4 Å². The Bertz CT molecular complexity index is 422. The van der Waals surface area contributed by atoms with E-state index in [0.717, 1.165) is 12.8 Å². The zero-order valence-electron chi connectivity index (χ0n) is 16.8. The number of hydrogen-bond donors (Lipinski definition) is 1. The lowest BCUT2D eigenvalue weighted by molar-refractivity contribution is -0.164. The number of aliphatic hydroxyl groups is 1. The van der Waals surface area contributed by atoms with Gasteiger partial charge < -0.3 is 19.3 Å². The minimum absolute atomic E-state index is 0.0464. The molecule has 0 saturated carbocycles. The smallest absolute Gasteiger partial charge is 0.452 e. The van der Waals surface area contributed by atoms with E-state index < -0.39 is 17.5 Å². The number of ether oxygens (including phenoxy) is 3. The van der Waals surface area contributed by atoms with Crippen molar-refractivity contribution < 1.29 is 31.6 Å². The predicted octanol–water partition coefficient (Wildman–Crippen LogP) is 2.78. The highest BCUT2D eigenvalue weighted by Crippen LogP contribution is 2.23. The quantitative estimate of drug-likeness (QED) is 0.611. The number of terminal acetylenes is 2. The minimum Gasteiger partial charge on any atom is -0.452 e. The van der Waals surface area contributed by atoms with Crippen LogP contribution in [0.2, 0.25) is 0 Å². The fourth-order valence-electron chi connectivity index (χ4n) is 0.919. The van der Waals surface area contributed by atoms with Gasteiger partial charge in [0.2, 0.25) is 0 Å². The van der Waals surface area contributed by atoms with E-state index in [2.05, 4.69) is 21.8 Å². The van der Waals surface area contributed by atoms with Gasteiger partial charge in [0.15, 0.2) is 6.61 Å². The van der Waals surface area contributed by atoms with E-state index in [1.54, 1.807) is 6.92 Å². The van der Waals surface area contributed by atoms with Gasteiger partial charge in [-0.15, -0.1) is 12.8 Å². The summed E-state index contributed by atoms with van der Waals surface area (Å²) in [5.74, 6) is 3.63. The molecule has 0 spiro atoms. The van der Waals surface area contributed by atoms with Crippen molar-refractivity contribution in [3.05, 3.63) is 0 Å². The lowest BCUT2D eigenvalue weighted by Gasteiger charge is -2.29. The lowest BCUT2D eigenvalue weighted by atomic mass is 9.93. The number of cyclic esters (lactones) is 2. The second-order valence-electron chi connectivity index (χ2n) is 4.53. The van der Waals surface area contributed by atoms with Gasteiger partial charge in [0.05, 0.1) is 0 Å². The summed E-state index contributed by atoms with van der Waals surface area (Å²) in [6.45, 7) is 6.37. The van der Waals surface area contributed by atoms with Crippen molar-refractivity contribution in [2.75, 3.05) is 26.4 Å². The van der Waals surface area contributed by atoms with Gasteiger partial charge in [-0.1, -0.05) is 52.3 Å². The molecular weight excluding hydrogens is 312 g/mol. The minimum atomic E-state index is -0.954. The Morgan fingerprint density at radius 1 is 1.29 bits per heavy atom. The lowest BCUT2D eigenvalue weighted by Crippen LogP contribution is -2.44. The van der Waals surface area contributed by atoms with Crippen LogP contribution in [0.5, 0.6) is 0 Å². The third-order valence-electron chi connectivity index (χ3n) is 1.89. The summed E-state index contributed by atoms with van der Waals surface area (Å²) in [5.41, 5.74) is -0.954. The molecule has 1 fully saturated rings. The molecule has 24 heavy (non-hydrogen) atoms. The summed E-state index contributed by atoms with van der Waals surface area (Å²) < 4.78 is 26.8. The molecule has 0 aliphatic carbocycles. The molecule has 0 aromatic carbocycles. The topological polar surface area (TPSA) is 82.1 Å². The first-order valence-corrected chi connectivity index (χ1v) is 7.36. The number of esters is 1. The monoisotopic (exact) mass is 346 g/mol. The van der Waals surface area contributed by atoms with E-state index in [1.165, 1.54) is 0 Å². The second-order valence-corrected chi connectivity index (χ2v) is 4.53. The Morgan fingerprint density at radius 3 is 2.00 bits per heavy atom. The molecule has 1 rings (SSSR count). The van der Waals surface area contributed by atoms with Crippen molar-refractivity contribution in [2.45, 2.75) is 47.4 Å². The predicted molar refractivity (Wildman–Crippen MR) is 93.0 cm³/mol. The van der Waals surface area contributed by atoms with Crippen LogP contribution in [0.15, 0.2) is 0 Å². The molecule has 1 heterocycles. The summed E-state index contributed by atoms with van der Waals surface area (Å²) in [6, 6.07) is 0. The van der Waals surface area contributed by atoms with Crippen LogP contribution in [-0.2, 0) is 19.0 Å². The first-order valence-electron chi connectivity index (χ1n) is 8.77. The fraction of sp³-hybridized carbons (Fsp3) is 0.667. The van der Waals surface area contributed by atoms with Crippen molar-refractivity contribution in [2.24, 2.45) is 5.41 Å². The summed E-state index contributed by atoms with van der Waals surface area (Å²) in [5, 5.41) is 7.64. The first kappa shape index (κ1) is 21.8. The van der Waals surface area contributed by atoms with Gasteiger partial charge >= 0.3 is 12.1 Å². The molecule has 6 heteroatoms. The third kappa shape index (κ3) is 16.2. The largest absolute Gasteiger partial charge is 0.508 e. The number of rotatable bonds is 2. The summed E-state index contributed by atoms with van der Waals surface area (Å²) in [4.78, 5) is 22.0. The summed E-state index contributed by atoms with van der Waals surface area (Å²) in [7, 11) is 0. The van der Waals surface area contributed by atoms with Crippen molar-refractivity contribution in [1.29, 1.82) is 0 Å². The molecule has 1 saturated heterocycles. The molecule has 1 N–H and O–H groups in total. The average molecular weight is 346 g/mol. The summed E-state index contributed by atoms with van der Waals surface area (Å²) >= 11 is 0. The number of aliphatic hydroxyl groups excluding tert-OH is 1. The molecule has 0 atom stereocenters. The molecule has 0 amide bonds. The second kappa shape index (κ2) is 18.9. The first-order chi connectivity index (χ1) is 12.3. The molecule has 138 valence electrons. The van der Waals surface area contributed by atoms with E-state index >= 15 is 0 Å². The van der Waals surface area contributed by atoms with Crippen molar-refractivity contribution in [3.63, 3.8) is 0 Å². The van der Waals surface area contributed by atoms with Gasteiger partial charge in [-0.25, -0.2) is 4.79 Å². The summed E-state index contributed by atoms with van der Waals surface area (Å²) in [6.07, 6.45) is 10.7. The van der Waals surface area contributed by atoms with E-state index in [1.807, 2.05) is 19.8 Å². The van der Waals surface area contributed by atoms with Crippen LogP contribution in [-0.4, -0.2) is 43.7 Å². The van der Waals surface area contributed by atoms with Gasteiger partial charge in [-0.2, -0.15) is 0 Å². The van der Waals surface area contributed by atoms with Crippen molar-refractivity contribution in [3.8, 4) is 24.7 Å². The standard InChI is InChI=1S/C9H10O5.C3H4O.2C3H8/c1-3-4-12-7(10)9(2)5-13-8(11)14-6-9;1-2-3-4;2*1-3-2/h1H,4-6H2,2H3;1,4H,3H2;2*3H2,1-2H3/i;;2*1T. The van der Waals surface area contributed by atoms with Crippen LogP contribution in [0.25, 0.3) is 0 Å². The molecule has 1 aliphatic heterocycles. The fourth-order valence-corrected chi connectivity index (χ4v) is 0.919. The van der Waals surface area contributed by atoms with Crippen LogP contribution < -0.4 is 0 Å². The maximum atomic E-state index is 11.4. The van der Waals surface area contributed by atoms with Crippen LogP contribution in [0, 0.1) is 30.1 Å². The van der Waals surface area contributed by atoms with Gasteiger partial charge in [0, 0.05) is 2.74 Å². The number of hydrogen-bond acceptors (Lipinski definition) is 6. The van der Waals surface area contributed by atoms with Crippen LogP contribution in [0.3, 0.4) is 0 Å². The number of carbonyl (C=O) groups excluding carboxylic acids is 2. The Morgan fingerprint density at radius 2 is 1.71 bits per heavy atom. The van der Waals surface area contributed by atoms with Crippen LogP contribution in [0.4, 0.5) is 4.79 Å². The van der Waals surface area contributed by atoms with Crippen molar-refractivity contribution >= 4 is 12.1 Å². The molecule has 1 aliphatic rings. The maximum Gasteiger partial charge on any atom is 0.508 e. The van der Waals surface area contributed by atoms with Gasteiger partial charge in [0.25, 0.3) is 0 Å². The highest BCUT2D eigenvalue weighted by Gasteiger charge is 2.41. The molecule has 0 aromatic rings. The maximum absolute atomic E-state index is 11.4. The van der Waals surface area contributed by atoms with Crippen molar-refractivity contribution in [1.82, 2.24) is 0 Å². The molecule has 0 radical (unpaired) electrons. The Balaban J connectivity index is -0.000000362. The Hall–Kier alpha value is -2.18. The van der Waals surface area contributed by atoms with Gasteiger partial charge in [0.1, 0.15) is 25.2 Å². The zero-order chi connectivity index (χ0) is 20.8. The molecule has 6 nitrogen and oxygen atoms in total.